The lowest BCUT2D eigenvalue weighted by Crippen LogP contribution is -2.45. The summed E-state index contributed by atoms with van der Waals surface area (Å²) >= 11 is 3.41. The summed E-state index contributed by atoms with van der Waals surface area (Å²) in [5.74, 6) is 0.257. The summed E-state index contributed by atoms with van der Waals surface area (Å²) in [4.78, 5) is 0. The number of hydrogen-bond donors (Lipinski definition) is 1. The first-order valence-electron chi connectivity index (χ1n) is 5.66. The van der Waals surface area contributed by atoms with E-state index in [1.165, 1.54) is 0 Å². The predicted molar refractivity (Wildman–Crippen MR) is 73.0 cm³/mol. The summed E-state index contributed by atoms with van der Waals surface area (Å²) in [6.07, 6.45) is 0.606. The van der Waals surface area contributed by atoms with Crippen LogP contribution in [0, 0.1) is 6.92 Å². The number of sulfone groups is 1. The molecule has 1 heterocycles. The maximum atomic E-state index is 11.9. The Hall–Kier alpha value is -0.390. The molecule has 1 aromatic carbocycles. The fourth-order valence-corrected chi connectivity index (χ4v) is 4.15. The SMILES string of the molecule is Cc1cc(Br)ccc1CC1CNCCS1(=O)=O. The first-order chi connectivity index (χ1) is 7.99. The van der Waals surface area contributed by atoms with E-state index >= 15 is 0 Å². The highest BCUT2D eigenvalue weighted by Crippen LogP contribution is 2.20. The molecule has 0 saturated carbocycles. The Bertz CT molecular complexity index is 513. The number of benzene rings is 1. The normalized spacial score (nSPS) is 23.5. The Kier molecular flexibility index (Phi) is 3.90. The van der Waals surface area contributed by atoms with Gasteiger partial charge >= 0.3 is 0 Å². The quantitative estimate of drug-likeness (QED) is 0.903. The van der Waals surface area contributed by atoms with Gasteiger partial charge in [-0.05, 0) is 36.6 Å². The van der Waals surface area contributed by atoms with Crippen molar-refractivity contribution in [3.63, 3.8) is 0 Å². The van der Waals surface area contributed by atoms with Crippen LogP contribution in [0.1, 0.15) is 11.1 Å². The molecule has 94 valence electrons. The van der Waals surface area contributed by atoms with Gasteiger partial charge in [-0.1, -0.05) is 22.0 Å². The van der Waals surface area contributed by atoms with E-state index < -0.39 is 9.84 Å². The molecule has 2 rings (SSSR count). The van der Waals surface area contributed by atoms with Gasteiger partial charge in [-0.2, -0.15) is 0 Å². The molecule has 0 amide bonds. The number of aryl methyl sites for hydroxylation is 1. The van der Waals surface area contributed by atoms with Crippen LogP contribution < -0.4 is 5.32 Å². The largest absolute Gasteiger partial charge is 0.314 e. The van der Waals surface area contributed by atoms with E-state index in [-0.39, 0.29) is 11.0 Å². The predicted octanol–water partition coefficient (Wildman–Crippen LogP) is 1.69. The molecule has 5 heteroatoms. The van der Waals surface area contributed by atoms with Crippen LogP contribution >= 0.6 is 15.9 Å². The summed E-state index contributed by atoms with van der Waals surface area (Å²) in [5, 5.41) is 2.87. The maximum Gasteiger partial charge on any atom is 0.155 e. The molecule has 1 fully saturated rings. The van der Waals surface area contributed by atoms with Crippen molar-refractivity contribution in [3.05, 3.63) is 33.8 Å². The van der Waals surface area contributed by atoms with E-state index in [4.69, 9.17) is 0 Å². The van der Waals surface area contributed by atoms with Gasteiger partial charge in [0.25, 0.3) is 0 Å². The van der Waals surface area contributed by atoms with Crippen LogP contribution in [0.2, 0.25) is 0 Å². The molecular weight excluding hydrogens is 302 g/mol. The first kappa shape index (κ1) is 13.1. The number of halogens is 1. The van der Waals surface area contributed by atoms with Gasteiger partial charge < -0.3 is 5.32 Å². The Morgan fingerprint density at radius 1 is 1.47 bits per heavy atom. The molecule has 1 N–H and O–H groups in total. The molecule has 0 bridgehead atoms. The number of nitrogens with one attached hydrogen (secondary N) is 1. The minimum atomic E-state index is -2.92. The highest BCUT2D eigenvalue weighted by molar-refractivity contribution is 9.10. The van der Waals surface area contributed by atoms with E-state index in [2.05, 4.69) is 21.2 Å². The monoisotopic (exact) mass is 317 g/mol. The molecule has 0 aliphatic carbocycles. The molecule has 0 aromatic heterocycles. The van der Waals surface area contributed by atoms with E-state index in [0.29, 0.717) is 19.5 Å². The van der Waals surface area contributed by atoms with Gasteiger partial charge in [-0.15, -0.1) is 0 Å². The second-order valence-corrected chi connectivity index (χ2v) is 7.78. The van der Waals surface area contributed by atoms with Crippen molar-refractivity contribution in [1.29, 1.82) is 0 Å². The fourth-order valence-electron chi connectivity index (χ4n) is 2.10. The van der Waals surface area contributed by atoms with Gasteiger partial charge in [0.15, 0.2) is 9.84 Å². The van der Waals surface area contributed by atoms with Crippen molar-refractivity contribution in [2.24, 2.45) is 0 Å². The van der Waals surface area contributed by atoms with E-state index in [0.717, 1.165) is 15.6 Å². The zero-order chi connectivity index (χ0) is 12.5. The molecule has 1 aliphatic heterocycles. The third kappa shape index (κ3) is 3.09. The molecule has 0 spiro atoms. The molecule has 1 aliphatic rings. The van der Waals surface area contributed by atoms with Crippen LogP contribution in [0.15, 0.2) is 22.7 Å². The zero-order valence-electron chi connectivity index (χ0n) is 9.74. The van der Waals surface area contributed by atoms with Crippen molar-refractivity contribution in [3.8, 4) is 0 Å². The summed E-state index contributed by atoms with van der Waals surface area (Å²) < 4.78 is 24.9. The molecule has 0 radical (unpaired) electrons. The van der Waals surface area contributed by atoms with Gasteiger partial charge in [0.1, 0.15) is 0 Å². The molecule has 1 atom stereocenters. The Balaban J connectivity index is 2.20. The van der Waals surface area contributed by atoms with Crippen molar-refractivity contribution < 1.29 is 8.42 Å². The number of rotatable bonds is 2. The molecule has 3 nitrogen and oxygen atoms in total. The topological polar surface area (TPSA) is 46.2 Å². The highest BCUT2D eigenvalue weighted by atomic mass is 79.9. The standard InChI is InChI=1S/C12H16BrNO2S/c1-9-6-11(13)3-2-10(9)7-12-8-14-4-5-17(12,15)16/h2-3,6,12,14H,4-5,7-8H2,1H3. The molecule has 1 unspecified atom stereocenters. The molecule has 1 aromatic rings. The summed E-state index contributed by atoms with van der Waals surface area (Å²) in [7, 11) is -2.92. The van der Waals surface area contributed by atoms with Crippen molar-refractivity contribution in [2.45, 2.75) is 18.6 Å². The summed E-state index contributed by atoms with van der Waals surface area (Å²) in [6.45, 7) is 3.17. The Morgan fingerprint density at radius 2 is 2.24 bits per heavy atom. The van der Waals surface area contributed by atoms with Crippen molar-refractivity contribution in [1.82, 2.24) is 5.32 Å². The van der Waals surface area contributed by atoms with Gasteiger partial charge in [-0.3, -0.25) is 0 Å². The van der Waals surface area contributed by atoms with Crippen LogP contribution in [0.5, 0.6) is 0 Å². The zero-order valence-corrected chi connectivity index (χ0v) is 12.1. The van der Waals surface area contributed by atoms with Crippen LogP contribution in [0.4, 0.5) is 0 Å². The van der Waals surface area contributed by atoms with Crippen molar-refractivity contribution in [2.75, 3.05) is 18.8 Å². The van der Waals surface area contributed by atoms with Crippen LogP contribution in [0.25, 0.3) is 0 Å². The smallest absolute Gasteiger partial charge is 0.155 e. The van der Waals surface area contributed by atoms with Crippen LogP contribution in [-0.4, -0.2) is 32.5 Å². The fraction of sp³-hybridized carbons (Fsp3) is 0.500. The van der Waals surface area contributed by atoms with Gasteiger partial charge in [0.2, 0.25) is 0 Å². The minimum absolute atomic E-state index is 0.257. The lowest BCUT2D eigenvalue weighted by molar-refractivity contribution is 0.543. The van der Waals surface area contributed by atoms with Gasteiger partial charge in [-0.25, -0.2) is 8.42 Å². The second-order valence-electron chi connectivity index (χ2n) is 4.47. The first-order valence-corrected chi connectivity index (χ1v) is 8.17. The van der Waals surface area contributed by atoms with Gasteiger partial charge in [0.05, 0.1) is 11.0 Å². The third-order valence-electron chi connectivity index (χ3n) is 3.20. The number of hydrogen-bond acceptors (Lipinski definition) is 3. The van der Waals surface area contributed by atoms with E-state index in [9.17, 15) is 8.42 Å². The molecular formula is C12H16BrNO2S. The average Bonchev–Trinajstić information content (AvgIpc) is 2.24. The van der Waals surface area contributed by atoms with E-state index in [1.807, 2.05) is 25.1 Å². The summed E-state index contributed by atoms with van der Waals surface area (Å²) in [5.41, 5.74) is 2.26. The van der Waals surface area contributed by atoms with Crippen LogP contribution in [0.3, 0.4) is 0 Å². The average molecular weight is 318 g/mol. The lowest BCUT2D eigenvalue weighted by atomic mass is 10.0. The van der Waals surface area contributed by atoms with Crippen LogP contribution in [-0.2, 0) is 16.3 Å². The Morgan fingerprint density at radius 3 is 2.88 bits per heavy atom. The highest BCUT2D eigenvalue weighted by Gasteiger charge is 2.28. The maximum absolute atomic E-state index is 11.9. The minimum Gasteiger partial charge on any atom is -0.314 e. The third-order valence-corrected chi connectivity index (χ3v) is 5.81. The van der Waals surface area contributed by atoms with Gasteiger partial charge in [0, 0.05) is 17.6 Å². The lowest BCUT2D eigenvalue weighted by Gasteiger charge is -2.23. The summed E-state index contributed by atoms with van der Waals surface area (Å²) in [6, 6.07) is 5.99. The van der Waals surface area contributed by atoms with E-state index in [1.54, 1.807) is 0 Å². The van der Waals surface area contributed by atoms with Crippen molar-refractivity contribution >= 4 is 25.8 Å². The second kappa shape index (κ2) is 5.08. The molecule has 1 saturated heterocycles. The molecule has 17 heavy (non-hydrogen) atoms. The Labute approximate surface area is 111 Å².